The first kappa shape index (κ1) is 14.5. The van der Waals surface area contributed by atoms with E-state index in [1.54, 1.807) is 0 Å². The maximum atomic E-state index is 4.87. The van der Waals surface area contributed by atoms with Crippen LogP contribution >= 0.6 is 11.3 Å². The molecule has 0 saturated carbocycles. The zero-order chi connectivity index (χ0) is 14.5. The minimum Gasteiger partial charge on any atom is -0.316 e. The summed E-state index contributed by atoms with van der Waals surface area (Å²) in [4.78, 5) is 7.51. The highest BCUT2D eigenvalue weighted by atomic mass is 32.1. The molecule has 1 aromatic heterocycles. The van der Waals surface area contributed by atoms with Gasteiger partial charge in [-0.05, 0) is 32.2 Å². The van der Waals surface area contributed by atoms with E-state index >= 15 is 0 Å². The lowest BCUT2D eigenvalue weighted by Gasteiger charge is -2.35. The monoisotopic (exact) mass is 293 g/mol. The van der Waals surface area contributed by atoms with Crippen molar-refractivity contribution in [3.05, 3.63) is 16.1 Å². The van der Waals surface area contributed by atoms with Crippen molar-refractivity contribution in [1.29, 1.82) is 0 Å². The Morgan fingerprint density at radius 1 is 1.40 bits per heavy atom. The fraction of sp³-hybridized carbons (Fsp3) is 0.812. The molecule has 0 radical (unpaired) electrons. The van der Waals surface area contributed by atoms with Gasteiger partial charge in [0.2, 0.25) is 0 Å². The van der Waals surface area contributed by atoms with Gasteiger partial charge in [0.15, 0.2) is 0 Å². The average Bonchev–Trinajstić information content (AvgIpc) is 2.98. The summed E-state index contributed by atoms with van der Waals surface area (Å²) in [6.45, 7) is 16.1. The molecule has 3 rings (SSSR count). The van der Waals surface area contributed by atoms with E-state index in [1.165, 1.54) is 30.3 Å². The van der Waals surface area contributed by atoms with Gasteiger partial charge in [-0.2, -0.15) is 0 Å². The Morgan fingerprint density at radius 3 is 2.75 bits per heavy atom. The summed E-state index contributed by atoms with van der Waals surface area (Å²) in [5, 5.41) is 7.06. The Balaban J connectivity index is 1.74. The third-order valence-electron chi connectivity index (χ3n) is 5.06. The van der Waals surface area contributed by atoms with Gasteiger partial charge in [0.25, 0.3) is 0 Å². The van der Waals surface area contributed by atoms with Gasteiger partial charge in [-0.25, -0.2) is 4.98 Å². The zero-order valence-corrected chi connectivity index (χ0v) is 14.2. The van der Waals surface area contributed by atoms with Crippen LogP contribution in [0, 0.1) is 11.8 Å². The zero-order valence-electron chi connectivity index (χ0n) is 13.4. The van der Waals surface area contributed by atoms with E-state index in [1.807, 2.05) is 11.3 Å². The Hall–Kier alpha value is -0.450. The smallest absolute Gasteiger partial charge is 0.0982 e. The maximum absolute atomic E-state index is 4.87. The molecule has 0 bridgehead atoms. The van der Waals surface area contributed by atoms with Crippen LogP contribution in [0.15, 0.2) is 5.38 Å². The van der Waals surface area contributed by atoms with E-state index in [-0.39, 0.29) is 5.41 Å². The molecule has 2 aliphatic heterocycles. The Kier molecular flexibility index (Phi) is 3.47. The number of nitrogens with one attached hydrogen (secondary N) is 1. The van der Waals surface area contributed by atoms with Crippen molar-refractivity contribution in [3.63, 3.8) is 0 Å². The van der Waals surface area contributed by atoms with Crippen molar-refractivity contribution < 1.29 is 0 Å². The molecule has 2 aliphatic rings. The van der Waals surface area contributed by atoms with Crippen LogP contribution < -0.4 is 5.32 Å². The third kappa shape index (κ3) is 2.42. The first-order chi connectivity index (χ1) is 9.28. The Labute approximate surface area is 126 Å². The molecular weight excluding hydrogens is 266 g/mol. The van der Waals surface area contributed by atoms with E-state index in [0.29, 0.717) is 5.54 Å². The van der Waals surface area contributed by atoms with Gasteiger partial charge in [-0.1, -0.05) is 20.8 Å². The average molecular weight is 293 g/mol. The van der Waals surface area contributed by atoms with Crippen LogP contribution in [0.4, 0.5) is 0 Å². The van der Waals surface area contributed by atoms with Crippen LogP contribution in [0.1, 0.15) is 45.3 Å². The second-order valence-electron chi connectivity index (χ2n) is 7.95. The van der Waals surface area contributed by atoms with Crippen LogP contribution in [0.3, 0.4) is 0 Å². The molecule has 2 unspecified atom stereocenters. The highest BCUT2D eigenvalue weighted by Gasteiger charge is 2.49. The molecule has 2 fully saturated rings. The number of aromatic nitrogens is 1. The van der Waals surface area contributed by atoms with Crippen LogP contribution in [0.2, 0.25) is 0 Å². The fourth-order valence-corrected chi connectivity index (χ4v) is 4.59. The van der Waals surface area contributed by atoms with E-state index in [9.17, 15) is 0 Å². The molecule has 1 aromatic rings. The van der Waals surface area contributed by atoms with Crippen molar-refractivity contribution in [2.45, 2.75) is 52.1 Å². The van der Waals surface area contributed by atoms with Gasteiger partial charge < -0.3 is 5.32 Å². The molecule has 3 nitrogen and oxygen atoms in total. The van der Waals surface area contributed by atoms with E-state index in [0.717, 1.165) is 18.4 Å². The number of rotatable bonds is 2. The Bertz CT molecular complexity index is 486. The molecule has 2 saturated heterocycles. The lowest BCUT2D eigenvalue weighted by molar-refractivity contribution is 0.130. The van der Waals surface area contributed by atoms with Crippen LogP contribution in [-0.2, 0) is 12.0 Å². The maximum Gasteiger partial charge on any atom is 0.0982 e. The van der Waals surface area contributed by atoms with Gasteiger partial charge in [-0.15, -0.1) is 11.3 Å². The number of thiazole rings is 1. The van der Waals surface area contributed by atoms with Crippen molar-refractivity contribution >= 4 is 11.3 Å². The van der Waals surface area contributed by atoms with Crippen molar-refractivity contribution in [3.8, 4) is 0 Å². The summed E-state index contributed by atoms with van der Waals surface area (Å²) >= 11 is 1.81. The first-order valence-electron chi connectivity index (χ1n) is 7.69. The summed E-state index contributed by atoms with van der Waals surface area (Å²) in [5.41, 5.74) is 1.71. The number of nitrogens with zero attached hydrogens (tertiary/aromatic N) is 2. The molecule has 0 aliphatic carbocycles. The molecule has 3 heterocycles. The molecule has 0 spiro atoms. The molecular formula is C16H27N3S. The summed E-state index contributed by atoms with van der Waals surface area (Å²) in [6.07, 6.45) is 0. The highest BCUT2D eigenvalue weighted by Crippen LogP contribution is 2.41. The fourth-order valence-electron chi connectivity index (χ4n) is 3.69. The molecule has 1 N–H and O–H groups in total. The topological polar surface area (TPSA) is 28.2 Å². The summed E-state index contributed by atoms with van der Waals surface area (Å²) in [7, 11) is 0. The molecule has 20 heavy (non-hydrogen) atoms. The van der Waals surface area contributed by atoms with Gasteiger partial charge in [0.05, 0.1) is 10.7 Å². The number of hydrogen-bond donors (Lipinski definition) is 1. The van der Waals surface area contributed by atoms with Gasteiger partial charge in [-0.3, -0.25) is 4.90 Å². The number of hydrogen-bond acceptors (Lipinski definition) is 4. The summed E-state index contributed by atoms with van der Waals surface area (Å²) in [5.74, 6) is 1.62. The van der Waals surface area contributed by atoms with Crippen molar-refractivity contribution in [2.24, 2.45) is 11.8 Å². The Morgan fingerprint density at radius 2 is 2.15 bits per heavy atom. The second kappa shape index (κ2) is 4.79. The van der Waals surface area contributed by atoms with Gasteiger partial charge >= 0.3 is 0 Å². The minimum atomic E-state index is 0.171. The predicted molar refractivity (Wildman–Crippen MR) is 85.2 cm³/mol. The third-order valence-corrected chi connectivity index (χ3v) is 6.38. The second-order valence-corrected chi connectivity index (χ2v) is 8.81. The van der Waals surface area contributed by atoms with Gasteiger partial charge in [0.1, 0.15) is 0 Å². The first-order valence-corrected chi connectivity index (χ1v) is 8.57. The SMILES string of the molecule is CC(C)(C)c1nc(CN2CC3CNCC3C2(C)C)cs1. The van der Waals surface area contributed by atoms with Crippen LogP contribution in [0.25, 0.3) is 0 Å². The molecule has 4 heteroatoms. The molecule has 112 valence electrons. The van der Waals surface area contributed by atoms with Crippen LogP contribution in [0.5, 0.6) is 0 Å². The minimum absolute atomic E-state index is 0.171. The van der Waals surface area contributed by atoms with E-state index in [2.05, 4.69) is 50.2 Å². The molecule has 0 amide bonds. The van der Waals surface area contributed by atoms with Crippen molar-refractivity contribution in [2.75, 3.05) is 19.6 Å². The lowest BCUT2D eigenvalue weighted by atomic mass is 9.85. The largest absolute Gasteiger partial charge is 0.316 e. The summed E-state index contributed by atoms with van der Waals surface area (Å²) in [6, 6.07) is 0. The van der Waals surface area contributed by atoms with E-state index in [4.69, 9.17) is 4.98 Å². The van der Waals surface area contributed by atoms with Crippen molar-refractivity contribution in [1.82, 2.24) is 15.2 Å². The number of fused-ring (bicyclic) bond motifs is 1. The lowest BCUT2D eigenvalue weighted by Crippen LogP contribution is -2.44. The predicted octanol–water partition coefficient (Wildman–Crippen LogP) is 2.87. The standard InChI is InChI=1S/C16H27N3S/c1-15(2,3)14-18-12(10-20-14)9-19-8-11-6-17-7-13(11)16(19,4)5/h10-11,13,17H,6-9H2,1-5H3. The molecule has 0 aromatic carbocycles. The highest BCUT2D eigenvalue weighted by molar-refractivity contribution is 7.09. The van der Waals surface area contributed by atoms with E-state index < -0.39 is 0 Å². The summed E-state index contributed by atoms with van der Waals surface area (Å²) < 4.78 is 0. The normalized spacial score (nSPS) is 29.9. The van der Waals surface area contributed by atoms with Crippen LogP contribution in [-0.4, -0.2) is 35.1 Å². The number of likely N-dealkylation sites (tertiary alicyclic amines) is 1. The molecule has 2 atom stereocenters. The quantitative estimate of drug-likeness (QED) is 0.909. The van der Waals surface area contributed by atoms with Gasteiger partial charge in [0, 0.05) is 36.0 Å².